The van der Waals surface area contributed by atoms with Gasteiger partial charge in [-0.1, -0.05) is 20.8 Å². The minimum Gasteiger partial charge on any atom is -0.508 e. The summed E-state index contributed by atoms with van der Waals surface area (Å²) in [6.45, 7) is 9.04. The molecule has 0 aromatic heterocycles. The second-order valence-electron chi connectivity index (χ2n) is 9.01. The number of fused-ring (bicyclic) bond motifs is 5. The molecule has 2 fully saturated rings. The topological polar surface area (TPSA) is 40.5 Å². The Hall–Kier alpha value is -1.02. The number of hydrogen-bond acceptors (Lipinski definition) is 2. The van der Waals surface area contributed by atoms with Crippen LogP contribution in [0.15, 0.2) is 6.07 Å². The average molecular weight is 328 g/mol. The number of benzene rings is 1. The molecule has 3 aliphatic rings. The van der Waals surface area contributed by atoms with Gasteiger partial charge in [-0.25, -0.2) is 0 Å². The van der Waals surface area contributed by atoms with Gasteiger partial charge in [-0.2, -0.15) is 0 Å². The summed E-state index contributed by atoms with van der Waals surface area (Å²) in [5.41, 5.74) is 5.57. The predicted molar refractivity (Wildman–Crippen MR) is 97.6 cm³/mol. The molecule has 3 aliphatic carbocycles. The Balaban J connectivity index is 1.82. The summed E-state index contributed by atoms with van der Waals surface area (Å²) in [5, 5.41) is 21.0. The van der Waals surface area contributed by atoms with Crippen molar-refractivity contribution in [3.8, 4) is 5.75 Å². The summed E-state index contributed by atoms with van der Waals surface area (Å²) in [5.74, 6) is 3.01. The normalized spacial score (nSPS) is 40.8. The molecule has 1 aromatic rings. The molecule has 2 N–H and O–H groups in total. The second-order valence-corrected chi connectivity index (χ2v) is 9.01. The van der Waals surface area contributed by atoms with Crippen LogP contribution in [0.4, 0.5) is 0 Å². The fraction of sp³-hybridized carbons (Fsp3) is 0.727. The summed E-state index contributed by atoms with van der Waals surface area (Å²) in [4.78, 5) is 0. The molecule has 0 aliphatic heterocycles. The van der Waals surface area contributed by atoms with Crippen LogP contribution in [0.1, 0.15) is 87.0 Å². The van der Waals surface area contributed by atoms with E-state index in [1.165, 1.54) is 30.4 Å². The molecular weight excluding hydrogens is 296 g/mol. The molecule has 0 bridgehead atoms. The lowest BCUT2D eigenvalue weighted by Gasteiger charge is -2.51. The molecule has 0 heterocycles. The van der Waals surface area contributed by atoms with Gasteiger partial charge in [-0.15, -0.1) is 0 Å². The van der Waals surface area contributed by atoms with Gasteiger partial charge in [0, 0.05) is 0 Å². The predicted octanol–water partition coefficient (Wildman–Crippen LogP) is 5.04. The molecule has 0 amide bonds. The van der Waals surface area contributed by atoms with Crippen LogP contribution in [0, 0.1) is 24.2 Å². The van der Waals surface area contributed by atoms with Gasteiger partial charge in [0.2, 0.25) is 0 Å². The third kappa shape index (κ3) is 2.05. The maximum absolute atomic E-state index is 10.6. The van der Waals surface area contributed by atoms with Crippen molar-refractivity contribution >= 4 is 0 Å². The molecule has 4 rings (SSSR count). The van der Waals surface area contributed by atoms with Gasteiger partial charge in [-0.05, 0) is 103 Å². The van der Waals surface area contributed by atoms with Crippen LogP contribution < -0.4 is 0 Å². The van der Waals surface area contributed by atoms with Crippen LogP contribution in [-0.4, -0.2) is 16.3 Å². The van der Waals surface area contributed by atoms with Gasteiger partial charge in [0.05, 0.1) is 6.10 Å². The highest BCUT2D eigenvalue weighted by atomic mass is 16.3. The van der Waals surface area contributed by atoms with E-state index in [4.69, 9.17) is 0 Å². The first-order valence-corrected chi connectivity index (χ1v) is 9.91. The van der Waals surface area contributed by atoms with Gasteiger partial charge in [0.1, 0.15) is 5.75 Å². The van der Waals surface area contributed by atoms with Gasteiger partial charge in [0.15, 0.2) is 0 Å². The Bertz CT molecular complexity index is 664. The number of hydrogen-bond donors (Lipinski definition) is 2. The molecule has 132 valence electrons. The first kappa shape index (κ1) is 16.4. The Labute approximate surface area is 146 Å². The SMILES string of the molecule is CCc1c(O)cc2c(c1C)[C@H]1CC[C@]3(C)[C@@H](O)CC[C@H]3[C@@H]1CC2C. The van der Waals surface area contributed by atoms with E-state index < -0.39 is 0 Å². The van der Waals surface area contributed by atoms with Crippen molar-refractivity contribution in [2.45, 2.75) is 84.2 Å². The lowest BCUT2D eigenvalue weighted by atomic mass is 9.53. The van der Waals surface area contributed by atoms with E-state index in [2.05, 4.69) is 33.8 Å². The first-order valence-electron chi connectivity index (χ1n) is 9.91. The summed E-state index contributed by atoms with van der Waals surface area (Å²) in [6.07, 6.45) is 6.54. The minimum absolute atomic E-state index is 0.104. The van der Waals surface area contributed by atoms with Gasteiger partial charge >= 0.3 is 0 Å². The molecule has 0 spiro atoms. The van der Waals surface area contributed by atoms with Crippen molar-refractivity contribution in [1.82, 2.24) is 0 Å². The quantitative estimate of drug-likeness (QED) is 0.758. The number of rotatable bonds is 1. The third-order valence-corrected chi connectivity index (χ3v) is 8.04. The monoisotopic (exact) mass is 328 g/mol. The van der Waals surface area contributed by atoms with Crippen molar-refractivity contribution in [2.75, 3.05) is 0 Å². The maximum atomic E-state index is 10.6. The summed E-state index contributed by atoms with van der Waals surface area (Å²) >= 11 is 0. The largest absolute Gasteiger partial charge is 0.508 e. The molecule has 6 atom stereocenters. The maximum Gasteiger partial charge on any atom is 0.119 e. The lowest BCUT2D eigenvalue weighted by molar-refractivity contribution is -0.0246. The van der Waals surface area contributed by atoms with Crippen LogP contribution in [0.5, 0.6) is 5.75 Å². The minimum atomic E-state index is -0.104. The Morgan fingerprint density at radius 1 is 1.25 bits per heavy atom. The van der Waals surface area contributed by atoms with Crippen molar-refractivity contribution in [3.63, 3.8) is 0 Å². The van der Waals surface area contributed by atoms with E-state index in [9.17, 15) is 10.2 Å². The molecule has 0 radical (unpaired) electrons. The molecule has 0 saturated heterocycles. The number of phenols is 1. The number of phenolic OH excluding ortho intramolecular Hbond substituents is 1. The smallest absolute Gasteiger partial charge is 0.119 e. The van der Waals surface area contributed by atoms with Crippen LogP contribution in [0.2, 0.25) is 0 Å². The average Bonchev–Trinajstić information content (AvgIpc) is 2.84. The summed E-state index contributed by atoms with van der Waals surface area (Å²) < 4.78 is 0. The highest BCUT2D eigenvalue weighted by molar-refractivity contribution is 5.53. The zero-order valence-corrected chi connectivity index (χ0v) is 15.6. The summed E-state index contributed by atoms with van der Waals surface area (Å²) in [6, 6.07) is 2.07. The molecule has 1 unspecified atom stereocenters. The lowest BCUT2D eigenvalue weighted by Crippen LogP contribution is -2.44. The first-order chi connectivity index (χ1) is 11.4. The van der Waals surface area contributed by atoms with E-state index in [1.54, 1.807) is 5.56 Å². The third-order valence-electron chi connectivity index (χ3n) is 8.04. The number of aliphatic hydroxyl groups excluding tert-OH is 1. The van der Waals surface area contributed by atoms with E-state index in [0.29, 0.717) is 29.4 Å². The van der Waals surface area contributed by atoms with E-state index >= 15 is 0 Å². The highest BCUT2D eigenvalue weighted by Gasteiger charge is 2.55. The van der Waals surface area contributed by atoms with Crippen molar-refractivity contribution in [2.24, 2.45) is 17.3 Å². The molecule has 24 heavy (non-hydrogen) atoms. The number of aromatic hydroxyl groups is 1. The van der Waals surface area contributed by atoms with Gasteiger partial charge < -0.3 is 10.2 Å². The van der Waals surface area contributed by atoms with Crippen LogP contribution >= 0.6 is 0 Å². The molecular formula is C22H32O2. The summed E-state index contributed by atoms with van der Waals surface area (Å²) in [7, 11) is 0. The Morgan fingerprint density at radius 3 is 2.71 bits per heavy atom. The number of aliphatic hydroxyl groups is 1. The molecule has 2 nitrogen and oxygen atoms in total. The fourth-order valence-corrected chi connectivity index (χ4v) is 6.71. The van der Waals surface area contributed by atoms with Crippen molar-refractivity contribution in [3.05, 3.63) is 28.3 Å². The van der Waals surface area contributed by atoms with Crippen LogP contribution in [-0.2, 0) is 6.42 Å². The fourth-order valence-electron chi connectivity index (χ4n) is 6.71. The van der Waals surface area contributed by atoms with E-state index in [0.717, 1.165) is 24.8 Å². The Morgan fingerprint density at radius 2 is 2.00 bits per heavy atom. The second kappa shape index (κ2) is 5.49. The standard InChI is InChI=1S/C22H32O2/c1-5-14-13(3)21-15-8-9-22(4)18(6-7-20(22)24)17(15)10-12(2)16(21)11-19(14)23/h11-12,15,17-18,20,23-24H,5-10H2,1-4H3/t12?,15-,17+,18-,20-,22-/m0/s1. The molecule has 2 saturated carbocycles. The van der Waals surface area contributed by atoms with Crippen LogP contribution in [0.25, 0.3) is 0 Å². The Kier molecular flexibility index (Phi) is 3.76. The van der Waals surface area contributed by atoms with Crippen molar-refractivity contribution in [1.29, 1.82) is 0 Å². The molecule has 2 heteroatoms. The molecule has 1 aromatic carbocycles. The zero-order valence-electron chi connectivity index (χ0n) is 15.6. The van der Waals surface area contributed by atoms with Gasteiger partial charge in [0.25, 0.3) is 0 Å². The zero-order chi connectivity index (χ0) is 17.2. The van der Waals surface area contributed by atoms with E-state index in [-0.39, 0.29) is 11.5 Å². The highest BCUT2D eigenvalue weighted by Crippen LogP contribution is 2.63. The van der Waals surface area contributed by atoms with Crippen molar-refractivity contribution < 1.29 is 10.2 Å². The van der Waals surface area contributed by atoms with E-state index in [1.807, 2.05) is 0 Å². The van der Waals surface area contributed by atoms with Gasteiger partial charge in [-0.3, -0.25) is 0 Å². The van der Waals surface area contributed by atoms with Crippen LogP contribution in [0.3, 0.4) is 0 Å².